The number of nitrogens with zero attached hydrogens (tertiary/aromatic N) is 2. The maximum atomic E-state index is 11.8. The topological polar surface area (TPSA) is 72.3 Å². The zero-order chi connectivity index (χ0) is 18.8. The van der Waals surface area contributed by atoms with Crippen LogP contribution in [0.4, 0.5) is 0 Å². The third-order valence-corrected chi connectivity index (χ3v) is 4.33. The lowest BCUT2D eigenvalue weighted by Crippen LogP contribution is -2.05. The van der Waals surface area contributed by atoms with Gasteiger partial charge in [-0.15, -0.1) is 0 Å². The molecule has 0 saturated heterocycles. The van der Waals surface area contributed by atoms with E-state index in [4.69, 9.17) is 14.7 Å². The first kappa shape index (κ1) is 16.7. The van der Waals surface area contributed by atoms with Crippen LogP contribution in [0.5, 0.6) is 5.75 Å². The Labute approximate surface area is 155 Å². The Morgan fingerprint density at radius 3 is 1.89 bits per heavy atom. The van der Waals surface area contributed by atoms with E-state index in [1.54, 1.807) is 12.1 Å². The van der Waals surface area contributed by atoms with Gasteiger partial charge in [0.15, 0.2) is 0 Å². The molecule has 5 nitrogen and oxygen atoms in total. The quantitative estimate of drug-likeness (QED) is 0.575. The van der Waals surface area contributed by atoms with Gasteiger partial charge in [-0.05, 0) is 12.1 Å². The van der Waals surface area contributed by atoms with Crippen LogP contribution in [-0.2, 0) is 0 Å². The lowest BCUT2D eigenvalue weighted by atomic mass is 10.0. The van der Waals surface area contributed by atoms with Crippen LogP contribution in [0.3, 0.4) is 0 Å². The van der Waals surface area contributed by atoms with Crippen LogP contribution >= 0.6 is 0 Å². The van der Waals surface area contributed by atoms with Crippen molar-refractivity contribution in [1.29, 1.82) is 0 Å². The predicted molar refractivity (Wildman–Crippen MR) is 104 cm³/mol. The van der Waals surface area contributed by atoms with Gasteiger partial charge in [0.25, 0.3) is 0 Å². The maximum absolute atomic E-state index is 11.8. The molecule has 0 aliphatic rings. The molecule has 0 saturated carbocycles. The molecule has 3 aromatic carbocycles. The van der Waals surface area contributed by atoms with E-state index >= 15 is 0 Å². The third kappa shape index (κ3) is 3.00. The van der Waals surface area contributed by atoms with Crippen molar-refractivity contribution in [3.63, 3.8) is 0 Å². The minimum absolute atomic E-state index is 0.0132. The van der Waals surface area contributed by atoms with Gasteiger partial charge in [0.2, 0.25) is 0 Å². The van der Waals surface area contributed by atoms with Gasteiger partial charge in [-0.3, -0.25) is 0 Å². The number of carboxylic acids is 1. The van der Waals surface area contributed by atoms with Gasteiger partial charge in [-0.25, -0.2) is 14.8 Å². The van der Waals surface area contributed by atoms with Crippen LogP contribution in [0, 0.1) is 0 Å². The molecule has 4 aromatic rings. The summed E-state index contributed by atoms with van der Waals surface area (Å²) in [6.07, 6.45) is 0. The van der Waals surface area contributed by atoms with E-state index in [-0.39, 0.29) is 11.3 Å². The molecule has 1 aromatic heterocycles. The predicted octanol–water partition coefficient (Wildman–Crippen LogP) is 4.67. The van der Waals surface area contributed by atoms with Crippen molar-refractivity contribution in [3.05, 3.63) is 78.4 Å². The number of rotatable bonds is 4. The summed E-state index contributed by atoms with van der Waals surface area (Å²) in [5.41, 5.74) is 3.94. The number of carboxylic acid groups (broad SMARTS) is 1. The van der Waals surface area contributed by atoms with Gasteiger partial charge in [0, 0.05) is 11.1 Å². The molecule has 5 heteroatoms. The van der Waals surface area contributed by atoms with Gasteiger partial charge in [-0.1, -0.05) is 60.7 Å². The lowest BCUT2D eigenvalue weighted by Gasteiger charge is -2.13. The molecule has 1 heterocycles. The smallest absolute Gasteiger partial charge is 0.341 e. The Kier molecular flexibility index (Phi) is 4.26. The number of methoxy groups -OCH3 is 1. The zero-order valence-corrected chi connectivity index (χ0v) is 14.6. The van der Waals surface area contributed by atoms with E-state index in [1.165, 1.54) is 7.11 Å². The fraction of sp³-hybridized carbons (Fsp3) is 0.0455. The summed E-state index contributed by atoms with van der Waals surface area (Å²) in [5, 5.41) is 9.69. The number of aromatic nitrogens is 2. The molecular formula is C22H16N2O3. The third-order valence-electron chi connectivity index (χ3n) is 4.33. The average molecular weight is 356 g/mol. The number of aromatic carboxylic acids is 1. The van der Waals surface area contributed by atoms with Gasteiger partial charge in [0.1, 0.15) is 16.8 Å². The van der Waals surface area contributed by atoms with Crippen LogP contribution in [0.25, 0.3) is 33.5 Å². The van der Waals surface area contributed by atoms with Crippen molar-refractivity contribution in [2.75, 3.05) is 7.11 Å². The molecule has 1 N–H and O–H groups in total. The molecule has 0 aliphatic heterocycles. The minimum atomic E-state index is -1.10. The highest BCUT2D eigenvalue weighted by Crippen LogP contribution is 2.34. The van der Waals surface area contributed by atoms with E-state index < -0.39 is 5.97 Å². The fourth-order valence-corrected chi connectivity index (χ4v) is 3.07. The summed E-state index contributed by atoms with van der Waals surface area (Å²) in [6.45, 7) is 0. The molecule has 27 heavy (non-hydrogen) atoms. The second kappa shape index (κ2) is 6.88. The van der Waals surface area contributed by atoms with Gasteiger partial charge in [-0.2, -0.15) is 0 Å². The summed E-state index contributed by atoms with van der Waals surface area (Å²) in [7, 11) is 1.44. The summed E-state index contributed by atoms with van der Waals surface area (Å²) in [6, 6.07) is 22.7. The molecule has 0 amide bonds. The van der Waals surface area contributed by atoms with Crippen LogP contribution in [0.15, 0.2) is 72.8 Å². The van der Waals surface area contributed by atoms with Crippen molar-refractivity contribution >= 4 is 17.0 Å². The highest BCUT2D eigenvalue weighted by Gasteiger charge is 2.20. The first-order valence-corrected chi connectivity index (χ1v) is 8.42. The maximum Gasteiger partial charge on any atom is 0.341 e. The summed E-state index contributed by atoms with van der Waals surface area (Å²) in [5.74, 6) is -0.839. The van der Waals surface area contributed by atoms with Crippen molar-refractivity contribution < 1.29 is 14.6 Å². The van der Waals surface area contributed by atoms with Crippen LogP contribution in [-0.4, -0.2) is 28.2 Å². The number of ether oxygens (including phenoxy) is 1. The van der Waals surface area contributed by atoms with Crippen LogP contribution < -0.4 is 4.74 Å². The number of carbonyl (C=O) groups is 1. The summed E-state index contributed by atoms with van der Waals surface area (Å²) >= 11 is 0. The van der Waals surface area contributed by atoms with Crippen molar-refractivity contribution in [2.24, 2.45) is 0 Å². The molecule has 4 rings (SSSR count). The fourth-order valence-electron chi connectivity index (χ4n) is 3.07. The van der Waals surface area contributed by atoms with Gasteiger partial charge in [0.05, 0.1) is 24.0 Å². The Bertz CT molecular complexity index is 1130. The van der Waals surface area contributed by atoms with Crippen molar-refractivity contribution in [2.45, 2.75) is 0 Å². The van der Waals surface area contributed by atoms with Crippen molar-refractivity contribution in [3.8, 4) is 28.3 Å². The number of hydrogen-bond acceptors (Lipinski definition) is 4. The van der Waals surface area contributed by atoms with Gasteiger partial charge < -0.3 is 9.84 Å². The molecule has 0 spiro atoms. The summed E-state index contributed by atoms with van der Waals surface area (Å²) < 4.78 is 5.23. The average Bonchev–Trinajstić information content (AvgIpc) is 2.73. The first-order valence-electron chi connectivity index (χ1n) is 8.42. The molecule has 132 valence electrons. The molecule has 0 radical (unpaired) electrons. The molecule has 0 unspecified atom stereocenters. The SMILES string of the molecule is COc1ccc2nc(-c3ccccc3)c(-c3ccccc3)nc2c1C(=O)O. The molecule has 0 fully saturated rings. The van der Waals surface area contributed by atoms with Crippen LogP contribution in [0.2, 0.25) is 0 Å². The Morgan fingerprint density at radius 2 is 1.37 bits per heavy atom. The van der Waals surface area contributed by atoms with Gasteiger partial charge >= 0.3 is 5.97 Å². The monoisotopic (exact) mass is 356 g/mol. The molecule has 0 aliphatic carbocycles. The van der Waals surface area contributed by atoms with E-state index in [0.29, 0.717) is 22.4 Å². The molecular weight excluding hydrogens is 340 g/mol. The number of hydrogen-bond donors (Lipinski definition) is 1. The Hall–Kier alpha value is -3.73. The number of benzene rings is 3. The zero-order valence-electron chi connectivity index (χ0n) is 14.6. The normalized spacial score (nSPS) is 10.7. The Balaban J connectivity index is 2.10. The van der Waals surface area contributed by atoms with E-state index in [2.05, 4.69) is 0 Å². The minimum Gasteiger partial charge on any atom is -0.496 e. The first-order chi connectivity index (χ1) is 13.2. The highest BCUT2D eigenvalue weighted by atomic mass is 16.5. The van der Waals surface area contributed by atoms with Crippen molar-refractivity contribution in [1.82, 2.24) is 9.97 Å². The standard InChI is InChI=1S/C22H16N2O3/c1-27-17-13-12-16-21(18(17)22(25)26)24-20(15-10-6-3-7-11-15)19(23-16)14-8-4-2-5-9-14/h2-13H,1H3,(H,25,26). The van der Waals surface area contributed by atoms with E-state index in [1.807, 2.05) is 60.7 Å². The lowest BCUT2D eigenvalue weighted by molar-refractivity contribution is 0.0695. The number of fused-ring (bicyclic) bond motifs is 1. The van der Waals surface area contributed by atoms with E-state index in [9.17, 15) is 9.90 Å². The Morgan fingerprint density at radius 1 is 0.815 bits per heavy atom. The highest BCUT2D eigenvalue weighted by molar-refractivity contribution is 6.04. The second-order valence-corrected chi connectivity index (χ2v) is 5.97. The van der Waals surface area contributed by atoms with Crippen LogP contribution in [0.1, 0.15) is 10.4 Å². The molecule has 0 bridgehead atoms. The largest absolute Gasteiger partial charge is 0.496 e. The molecule has 0 atom stereocenters. The second-order valence-electron chi connectivity index (χ2n) is 5.97. The van der Waals surface area contributed by atoms with E-state index in [0.717, 1.165) is 11.1 Å². The summed E-state index contributed by atoms with van der Waals surface area (Å²) in [4.78, 5) is 21.3.